The van der Waals surface area contributed by atoms with Crippen LogP contribution in [0.2, 0.25) is 0 Å². The summed E-state index contributed by atoms with van der Waals surface area (Å²) in [5.74, 6) is 3.15. The van der Waals surface area contributed by atoms with Crippen LogP contribution >= 0.6 is 0 Å². The Morgan fingerprint density at radius 2 is 1.96 bits per heavy atom. The molecule has 1 aromatic rings. The average molecular weight is 391 g/mol. The monoisotopic (exact) mass is 390 g/mol. The van der Waals surface area contributed by atoms with Gasteiger partial charge in [0.2, 0.25) is 0 Å². The highest BCUT2D eigenvalue weighted by atomic mass is 16.5. The molecule has 0 aliphatic carbocycles. The first-order chi connectivity index (χ1) is 13.5. The topological polar surface area (TPSA) is 58.1 Å². The van der Waals surface area contributed by atoms with E-state index in [-0.39, 0.29) is 0 Å². The molecule has 6 nitrogen and oxygen atoms in total. The number of hydrogen-bond acceptors (Lipinski definition) is 4. The maximum absolute atomic E-state index is 5.67. The van der Waals surface area contributed by atoms with E-state index in [0.29, 0.717) is 19.2 Å². The molecule has 2 rings (SSSR count). The minimum atomic E-state index is 0.482. The molecule has 0 atom stereocenters. The van der Waals surface area contributed by atoms with Gasteiger partial charge in [0.1, 0.15) is 0 Å². The van der Waals surface area contributed by atoms with E-state index in [2.05, 4.69) is 36.3 Å². The van der Waals surface area contributed by atoms with Crippen LogP contribution in [-0.4, -0.2) is 56.8 Å². The molecule has 0 bridgehead atoms. The van der Waals surface area contributed by atoms with Crippen molar-refractivity contribution in [2.45, 2.75) is 53.1 Å². The van der Waals surface area contributed by atoms with E-state index in [1.54, 1.807) is 7.11 Å². The lowest BCUT2D eigenvalue weighted by molar-refractivity contribution is 0.187. The molecule has 6 heteroatoms. The fourth-order valence-corrected chi connectivity index (χ4v) is 3.55. The highest BCUT2D eigenvalue weighted by Crippen LogP contribution is 2.28. The van der Waals surface area contributed by atoms with Gasteiger partial charge in [0.25, 0.3) is 0 Å². The van der Waals surface area contributed by atoms with Crippen LogP contribution in [0.1, 0.15) is 46.1 Å². The molecule has 0 saturated carbocycles. The number of hydrogen-bond donors (Lipinski definition) is 2. The molecule has 158 valence electrons. The van der Waals surface area contributed by atoms with Crippen LogP contribution in [0.3, 0.4) is 0 Å². The third kappa shape index (κ3) is 7.23. The van der Waals surface area contributed by atoms with Crippen LogP contribution in [0.15, 0.2) is 23.2 Å². The first-order valence-electron chi connectivity index (χ1n) is 10.6. The van der Waals surface area contributed by atoms with Crippen LogP contribution in [0.4, 0.5) is 0 Å². The van der Waals surface area contributed by atoms with Crippen molar-refractivity contribution in [2.24, 2.45) is 10.9 Å². The summed E-state index contributed by atoms with van der Waals surface area (Å²) in [6.45, 7) is 14.2. The minimum Gasteiger partial charge on any atom is -0.493 e. The van der Waals surface area contributed by atoms with Crippen molar-refractivity contribution in [3.63, 3.8) is 0 Å². The Bertz CT molecular complexity index is 611. The van der Waals surface area contributed by atoms with Gasteiger partial charge in [-0.2, -0.15) is 0 Å². The van der Waals surface area contributed by atoms with Crippen molar-refractivity contribution in [1.82, 2.24) is 15.5 Å². The van der Waals surface area contributed by atoms with Crippen LogP contribution in [0.25, 0.3) is 0 Å². The second-order valence-electron chi connectivity index (χ2n) is 7.73. The van der Waals surface area contributed by atoms with E-state index >= 15 is 0 Å². The number of aliphatic imine (C=N–C) groups is 1. The molecule has 1 aliphatic rings. The second-order valence-corrected chi connectivity index (χ2v) is 7.73. The number of methoxy groups -OCH3 is 1. The highest BCUT2D eigenvalue weighted by molar-refractivity contribution is 5.80. The Hall–Kier alpha value is -1.95. The molecule has 1 saturated heterocycles. The number of rotatable bonds is 9. The number of nitrogens with one attached hydrogen (secondary N) is 2. The molecular formula is C22H38N4O2. The molecule has 0 spiro atoms. The molecular weight excluding hydrogens is 352 g/mol. The fraction of sp³-hybridized carbons (Fsp3) is 0.682. The van der Waals surface area contributed by atoms with Gasteiger partial charge in [0.15, 0.2) is 17.5 Å². The summed E-state index contributed by atoms with van der Waals surface area (Å²) in [7, 11) is 1.66. The minimum absolute atomic E-state index is 0.482. The van der Waals surface area contributed by atoms with Gasteiger partial charge in [-0.05, 0) is 50.3 Å². The molecule has 1 fully saturated rings. The predicted molar refractivity (Wildman–Crippen MR) is 116 cm³/mol. The van der Waals surface area contributed by atoms with Crippen molar-refractivity contribution in [1.29, 1.82) is 0 Å². The molecule has 1 heterocycles. The maximum atomic E-state index is 5.67. The Labute approximate surface area is 170 Å². The molecule has 1 aromatic carbocycles. The van der Waals surface area contributed by atoms with Crippen LogP contribution in [-0.2, 0) is 6.54 Å². The summed E-state index contributed by atoms with van der Waals surface area (Å²) in [6, 6.07) is 6.48. The Balaban J connectivity index is 1.94. The van der Waals surface area contributed by atoms with Crippen LogP contribution < -0.4 is 20.1 Å². The van der Waals surface area contributed by atoms with E-state index in [9.17, 15) is 0 Å². The third-order valence-corrected chi connectivity index (χ3v) is 4.84. The lowest BCUT2D eigenvalue weighted by atomic mass is 10.0. The van der Waals surface area contributed by atoms with Gasteiger partial charge in [-0.1, -0.05) is 19.9 Å². The van der Waals surface area contributed by atoms with Gasteiger partial charge in [0.05, 0.1) is 20.3 Å². The lowest BCUT2D eigenvalue weighted by Gasteiger charge is -2.34. The van der Waals surface area contributed by atoms with Crippen LogP contribution in [0.5, 0.6) is 11.5 Å². The average Bonchev–Trinajstić information content (AvgIpc) is 2.68. The number of piperidine rings is 1. The van der Waals surface area contributed by atoms with Gasteiger partial charge < -0.3 is 25.0 Å². The normalized spacial score (nSPS) is 16.3. The number of ether oxygens (including phenoxy) is 2. The number of likely N-dealkylation sites (tertiary alicyclic amines) is 1. The number of nitrogens with zero attached hydrogens (tertiary/aromatic N) is 2. The Kier molecular flexibility index (Phi) is 9.41. The van der Waals surface area contributed by atoms with Gasteiger partial charge in [-0.3, -0.25) is 0 Å². The molecule has 0 radical (unpaired) electrons. The van der Waals surface area contributed by atoms with Crippen molar-refractivity contribution < 1.29 is 9.47 Å². The summed E-state index contributed by atoms with van der Waals surface area (Å²) in [5, 5.41) is 6.99. The van der Waals surface area contributed by atoms with Gasteiger partial charge >= 0.3 is 0 Å². The van der Waals surface area contributed by atoms with Crippen molar-refractivity contribution in [3.8, 4) is 11.5 Å². The summed E-state index contributed by atoms with van der Waals surface area (Å²) < 4.78 is 11.0. The summed E-state index contributed by atoms with van der Waals surface area (Å²) >= 11 is 0. The third-order valence-electron chi connectivity index (χ3n) is 4.84. The standard InChI is InChI=1S/C22H38N4O2/c1-6-23-22(25-19-10-12-26(13-11-19)16-17(3)4)24-15-18-8-9-20(27-5)21(14-18)28-7-2/h8-9,14,17,19H,6-7,10-13,15-16H2,1-5H3,(H2,23,24,25). The molecule has 1 aliphatic heterocycles. The quantitative estimate of drug-likeness (QED) is 0.501. The van der Waals surface area contributed by atoms with E-state index in [4.69, 9.17) is 14.5 Å². The SMILES string of the molecule is CCNC(=NCc1ccc(OC)c(OCC)c1)NC1CCN(CC(C)C)CC1. The fourth-order valence-electron chi connectivity index (χ4n) is 3.55. The Morgan fingerprint density at radius 1 is 1.21 bits per heavy atom. The van der Waals surface area contributed by atoms with Gasteiger partial charge in [0, 0.05) is 32.2 Å². The van der Waals surface area contributed by atoms with Crippen molar-refractivity contribution >= 4 is 5.96 Å². The number of guanidine groups is 1. The zero-order chi connectivity index (χ0) is 20.4. The van der Waals surface area contributed by atoms with Crippen LogP contribution in [0, 0.1) is 5.92 Å². The molecule has 28 heavy (non-hydrogen) atoms. The first-order valence-corrected chi connectivity index (χ1v) is 10.6. The lowest BCUT2D eigenvalue weighted by Crippen LogP contribution is -2.49. The van der Waals surface area contributed by atoms with Gasteiger partial charge in [-0.15, -0.1) is 0 Å². The first kappa shape index (κ1) is 22.3. The smallest absolute Gasteiger partial charge is 0.191 e. The molecule has 0 aromatic heterocycles. The maximum Gasteiger partial charge on any atom is 0.191 e. The number of benzene rings is 1. The van der Waals surface area contributed by atoms with Crippen molar-refractivity contribution in [3.05, 3.63) is 23.8 Å². The summed E-state index contributed by atoms with van der Waals surface area (Å²) in [4.78, 5) is 7.36. The zero-order valence-electron chi connectivity index (χ0n) is 18.3. The van der Waals surface area contributed by atoms with Gasteiger partial charge in [-0.25, -0.2) is 4.99 Å². The van der Waals surface area contributed by atoms with E-state index in [0.717, 1.165) is 61.4 Å². The largest absolute Gasteiger partial charge is 0.493 e. The van der Waals surface area contributed by atoms with E-state index in [1.165, 1.54) is 6.54 Å². The Morgan fingerprint density at radius 3 is 2.57 bits per heavy atom. The summed E-state index contributed by atoms with van der Waals surface area (Å²) in [5.41, 5.74) is 1.10. The predicted octanol–water partition coefficient (Wildman–Crippen LogP) is 3.27. The summed E-state index contributed by atoms with van der Waals surface area (Å²) in [6.07, 6.45) is 2.32. The van der Waals surface area contributed by atoms with Crippen molar-refractivity contribution in [2.75, 3.05) is 39.9 Å². The molecule has 2 N–H and O–H groups in total. The highest BCUT2D eigenvalue weighted by Gasteiger charge is 2.20. The van der Waals surface area contributed by atoms with E-state index < -0.39 is 0 Å². The molecule has 0 amide bonds. The van der Waals surface area contributed by atoms with E-state index in [1.807, 2.05) is 25.1 Å². The second kappa shape index (κ2) is 11.8. The zero-order valence-corrected chi connectivity index (χ0v) is 18.3. The molecule has 0 unspecified atom stereocenters.